The van der Waals surface area contributed by atoms with Crippen molar-refractivity contribution < 1.29 is 19.8 Å². The predicted octanol–water partition coefficient (Wildman–Crippen LogP) is -0.613. The summed E-state index contributed by atoms with van der Waals surface area (Å²) in [5.41, 5.74) is 0. The fraction of sp³-hybridized carbons (Fsp3) is 0.667. The molecule has 1 saturated carbocycles. The van der Waals surface area contributed by atoms with Crippen LogP contribution in [0, 0.1) is 0 Å². The number of halogens is 2. The van der Waals surface area contributed by atoms with E-state index in [1.165, 1.54) is 0 Å². The number of carbonyl (C=O) groups is 2. The summed E-state index contributed by atoms with van der Waals surface area (Å²) in [5.74, 6) is -1.16. The highest BCUT2D eigenvalue weighted by molar-refractivity contribution is 9.10. The maximum atomic E-state index is 11.1. The van der Waals surface area contributed by atoms with Crippen molar-refractivity contribution in [2.75, 3.05) is 0 Å². The molecule has 68 valence electrons. The van der Waals surface area contributed by atoms with Gasteiger partial charge >= 0.3 is 0 Å². The molecule has 1 aliphatic carbocycles. The van der Waals surface area contributed by atoms with Crippen LogP contribution in [-0.4, -0.2) is 43.6 Å². The molecule has 4 unspecified atom stereocenters. The fourth-order valence-corrected chi connectivity index (χ4v) is 1.99. The van der Waals surface area contributed by atoms with Crippen molar-refractivity contribution in [1.82, 2.24) is 0 Å². The smallest absolute Gasteiger partial charge is 0.179 e. The second-order valence-electron chi connectivity index (χ2n) is 2.50. The second-order valence-corrected chi connectivity index (χ2v) is 4.47. The van der Waals surface area contributed by atoms with Gasteiger partial charge in [-0.15, -0.1) is 0 Å². The lowest BCUT2D eigenvalue weighted by molar-refractivity contribution is -0.142. The van der Waals surface area contributed by atoms with Crippen LogP contribution in [0.5, 0.6) is 0 Å². The van der Waals surface area contributed by atoms with Crippen LogP contribution in [-0.2, 0) is 9.59 Å². The van der Waals surface area contributed by atoms with Crippen molar-refractivity contribution in [2.24, 2.45) is 0 Å². The number of aliphatic hydroxyl groups is 2. The van der Waals surface area contributed by atoms with Gasteiger partial charge in [0.2, 0.25) is 0 Å². The van der Waals surface area contributed by atoms with Gasteiger partial charge < -0.3 is 10.2 Å². The highest BCUT2D eigenvalue weighted by atomic mass is 79.9. The molecule has 0 amide bonds. The number of carbonyl (C=O) groups excluding carboxylic acids is 2. The molecule has 0 aromatic carbocycles. The maximum absolute atomic E-state index is 11.1. The molecule has 12 heavy (non-hydrogen) atoms. The van der Waals surface area contributed by atoms with Crippen LogP contribution in [0.25, 0.3) is 0 Å². The molecule has 4 nitrogen and oxygen atoms in total. The third-order valence-electron chi connectivity index (χ3n) is 1.68. The normalized spacial score (nSPS) is 43.3. The number of ketones is 2. The van der Waals surface area contributed by atoms with Gasteiger partial charge in [-0.05, 0) is 0 Å². The van der Waals surface area contributed by atoms with Gasteiger partial charge in [0.05, 0.1) is 0 Å². The summed E-state index contributed by atoms with van der Waals surface area (Å²) in [5, 5.41) is 18.3. The SMILES string of the molecule is O=C1C(O)C(Br)C(=O)C(O)C1Br. The topological polar surface area (TPSA) is 74.6 Å². The van der Waals surface area contributed by atoms with E-state index >= 15 is 0 Å². The first-order valence-corrected chi connectivity index (χ1v) is 5.01. The van der Waals surface area contributed by atoms with E-state index in [2.05, 4.69) is 31.9 Å². The average molecular weight is 302 g/mol. The Hall–Kier alpha value is 0.220. The number of hydrogen-bond acceptors (Lipinski definition) is 4. The Balaban J connectivity index is 2.91. The summed E-state index contributed by atoms with van der Waals surface area (Å²) >= 11 is 5.65. The summed E-state index contributed by atoms with van der Waals surface area (Å²) in [6.07, 6.45) is -2.74. The van der Waals surface area contributed by atoms with Gasteiger partial charge in [-0.25, -0.2) is 0 Å². The molecule has 1 aliphatic rings. The molecule has 0 aromatic rings. The van der Waals surface area contributed by atoms with Gasteiger partial charge in [-0.1, -0.05) is 31.9 Å². The van der Waals surface area contributed by atoms with E-state index in [0.717, 1.165) is 0 Å². The van der Waals surface area contributed by atoms with Gasteiger partial charge in [0, 0.05) is 0 Å². The minimum atomic E-state index is -1.37. The Morgan fingerprint density at radius 3 is 1.42 bits per heavy atom. The van der Waals surface area contributed by atoms with E-state index in [0.29, 0.717) is 0 Å². The second kappa shape index (κ2) is 3.53. The van der Waals surface area contributed by atoms with Crippen LogP contribution in [0.15, 0.2) is 0 Å². The van der Waals surface area contributed by atoms with Crippen molar-refractivity contribution in [2.45, 2.75) is 21.9 Å². The van der Waals surface area contributed by atoms with Gasteiger partial charge in [0.25, 0.3) is 0 Å². The minimum absolute atomic E-state index is 0.580. The molecule has 0 bridgehead atoms. The Morgan fingerprint density at radius 1 is 0.917 bits per heavy atom. The van der Waals surface area contributed by atoms with Crippen molar-refractivity contribution in [3.63, 3.8) is 0 Å². The van der Waals surface area contributed by atoms with Crippen LogP contribution in [0.1, 0.15) is 0 Å². The molecule has 0 spiro atoms. The first-order valence-electron chi connectivity index (χ1n) is 3.18. The van der Waals surface area contributed by atoms with Crippen LogP contribution < -0.4 is 0 Å². The molecule has 4 atom stereocenters. The summed E-state index contributed by atoms with van der Waals surface area (Å²) in [6.45, 7) is 0. The molecule has 0 heterocycles. The number of alkyl halides is 2. The zero-order valence-electron chi connectivity index (χ0n) is 5.78. The average Bonchev–Trinajstić information content (AvgIpc) is 2.08. The van der Waals surface area contributed by atoms with Crippen molar-refractivity contribution >= 4 is 43.4 Å². The molecule has 0 aromatic heterocycles. The molecule has 0 aliphatic heterocycles. The highest BCUT2D eigenvalue weighted by Gasteiger charge is 2.46. The molecule has 2 N–H and O–H groups in total. The summed E-state index contributed by atoms with van der Waals surface area (Å²) in [7, 11) is 0. The molecular weight excluding hydrogens is 296 g/mol. The number of Topliss-reactive ketones (excluding diaryl/α,β-unsaturated/α-hetero) is 2. The lowest BCUT2D eigenvalue weighted by Crippen LogP contribution is -2.55. The van der Waals surface area contributed by atoms with E-state index in [-0.39, 0.29) is 0 Å². The molecular formula is C6H6Br2O4. The molecule has 1 rings (SSSR count). The third kappa shape index (κ3) is 1.48. The standard InChI is InChI=1S/C6H6Br2O4/c7-1-3(9)5(11)2(8)6(12)4(1)10/h1-3,6,9,12H. The number of hydrogen-bond donors (Lipinski definition) is 2. The van der Waals surface area contributed by atoms with Gasteiger partial charge in [-0.3, -0.25) is 9.59 Å². The predicted molar refractivity (Wildman–Crippen MR) is 47.5 cm³/mol. The fourth-order valence-electron chi connectivity index (χ4n) is 0.926. The van der Waals surface area contributed by atoms with E-state index in [1.807, 2.05) is 0 Å². The minimum Gasteiger partial charge on any atom is -0.384 e. The Bertz CT molecular complexity index is 186. The molecule has 0 radical (unpaired) electrons. The third-order valence-corrected chi connectivity index (χ3v) is 3.59. The summed E-state index contributed by atoms with van der Waals surface area (Å²) in [4.78, 5) is 20.1. The van der Waals surface area contributed by atoms with Gasteiger partial charge in [0.1, 0.15) is 21.9 Å². The van der Waals surface area contributed by atoms with Crippen molar-refractivity contribution in [3.8, 4) is 0 Å². The monoisotopic (exact) mass is 300 g/mol. The van der Waals surface area contributed by atoms with Crippen molar-refractivity contribution in [3.05, 3.63) is 0 Å². The van der Waals surface area contributed by atoms with E-state index in [9.17, 15) is 9.59 Å². The zero-order chi connectivity index (χ0) is 9.46. The quantitative estimate of drug-likeness (QED) is 0.585. The van der Waals surface area contributed by atoms with E-state index < -0.39 is 33.4 Å². The Morgan fingerprint density at radius 2 is 1.17 bits per heavy atom. The first-order chi connectivity index (χ1) is 5.46. The Kier molecular flexibility index (Phi) is 3.03. The molecule has 0 saturated heterocycles. The largest absolute Gasteiger partial charge is 0.384 e. The van der Waals surface area contributed by atoms with Crippen LogP contribution in [0.3, 0.4) is 0 Å². The van der Waals surface area contributed by atoms with Crippen LogP contribution in [0.2, 0.25) is 0 Å². The van der Waals surface area contributed by atoms with E-state index in [4.69, 9.17) is 10.2 Å². The zero-order valence-corrected chi connectivity index (χ0v) is 8.95. The number of rotatable bonds is 0. The first kappa shape index (κ1) is 10.3. The lowest BCUT2D eigenvalue weighted by Gasteiger charge is -2.28. The maximum Gasteiger partial charge on any atom is 0.179 e. The van der Waals surface area contributed by atoms with E-state index in [1.54, 1.807) is 0 Å². The Labute approximate surface area is 85.2 Å². The number of aliphatic hydroxyl groups excluding tert-OH is 2. The lowest BCUT2D eigenvalue weighted by atomic mass is 9.92. The molecule has 6 heteroatoms. The van der Waals surface area contributed by atoms with Crippen molar-refractivity contribution in [1.29, 1.82) is 0 Å². The van der Waals surface area contributed by atoms with Crippen LogP contribution in [0.4, 0.5) is 0 Å². The van der Waals surface area contributed by atoms with Gasteiger partial charge in [0.15, 0.2) is 11.6 Å². The highest BCUT2D eigenvalue weighted by Crippen LogP contribution is 2.24. The van der Waals surface area contributed by atoms with Gasteiger partial charge in [-0.2, -0.15) is 0 Å². The molecule has 1 fully saturated rings. The van der Waals surface area contributed by atoms with Crippen LogP contribution >= 0.6 is 31.9 Å². The summed E-state index contributed by atoms with van der Waals surface area (Å²) < 4.78 is 0. The summed E-state index contributed by atoms with van der Waals surface area (Å²) in [6, 6.07) is 0.